The van der Waals surface area contributed by atoms with Gasteiger partial charge in [-0.15, -0.1) is 0 Å². The zero-order valence-corrected chi connectivity index (χ0v) is 11.6. The Hall–Kier alpha value is -1.26. The molecule has 18 heavy (non-hydrogen) atoms. The van der Waals surface area contributed by atoms with Crippen LogP contribution in [-0.2, 0) is 4.79 Å². The van der Waals surface area contributed by atoms with Gasteiger partial charge >= 0.3 is 12.0 Å². The van der Waals surface area contributed by atoms with Gasteiger partial charge in [0.15, 0.2) is 0 Å². The Labute approximate surface area is 109 Å². The lowest BCUT2D eigenvalue weighted by Crippen LogP contribution is -2.51. The van der Waals surface area contributed by atoms with Crippen LogP contribution in [0, 0.1) is 5.92 Å². The monoisotopic (exact) mass is 256 g/mol. The molecule has 104 valence electrons. The maximum absolute atomic E-state index is 12.3. The maximum atomic E-state index is 12.3. The number of carboxylic acid groups (broad SMARTS) is 1. The van der Waals surface area contributed by atoms with E-state index in [0.29, 0.717) is 5.92 Å². The average molecular weight is 256 g/mol. The van der Waals surface area contributed by atoms with Crippen molar-refractivity contribution in [1.82, 2.24) is 9.80 Å². The fourth-order valence-corrected chi connectivity index (χ4v) is 2.16. The van der Waals surface area contributed by atoms with E-state index in [0.717, 1.165) is 32.4 Å². The molecule has 0 aromatic carbocycles. The van der Waals surface area contributed by atoms with Crippen LogP contribution in [0.4, 0.5) is 4.79 Å². The Morgan fingerprint density at radius 2 is 1.94 bits per heavy atom. The Morgan fingerprint density at radius 1 is 1.39 bits per heavy atom. The molecule has 1 aliphatic heterocycles. The van der Waals surface area contributed by atoms with E-state index >= 15 is 0 Å². The highest BCUT2D eigenvalue weighted by Crippen LogP contribution is 2.18. The first-order chi connectivity index (χ1) is 8.45. The molecule has 0 aromatic rings. The van der Waals surface area contributed by atoms with Crippen LogP contribution < -0.4 is 0 Å². The number of nitrogens with zero attached hydrogens (tertiary/aromatic N) is 2. The molecule has 1 unspecified atom stereocenters. The number of aliphatic carboxylic acids is 1. The minimum absolute atomic E-state index is 0.0343. The summed E-state index contributed by atoms with van der Waals surface area (Å²) in [5.41, 5.74) is 0. The molecule has 1 rings (SSSR count). The lowest BCUT2D eigenvalue weighted by molar-refractivity contribution is -0.138. The number of amides is 2. The highest BCUT2D eigenvalue weighted by atomic mass is 16.4. The number of piperidine rings is 1. The zero-order chi connectivity index (χ0) is 13.7. The molecule has 0 spiro atoms. The fraction of sp³-hybridized carbons (Fsp3) is 0.846. The van der Waals surface area contributed by atoms with Crippen molar-refractivity contribution in [3.63, 3.8) is 0 Å². The summed E-state index contributed by atoms with van der Waals surface area (Å²) in [6.45, 7) is 7.32. The van der Waals surface area contributed by atoms with Crippen LogP contribution in [0.1, 0.15) is 40.0 Å². The highest BCUT2D eigenvalue weighted by Gasteiger charge is 2.28. The van der Waals surface area contributed by atoms with Gasteiger partial charge in [0.05, 0.1) is 0 Å². The van der Waals surface area contributed by atoms with Crippen LogP contribution in [-0.4, -0.2) is 52.6 Å². The number of carbonyl (C=O) groups is 2. The fourth-order valence-electron chi connectivity index (χ4n) is 2.16. The number of urea groups is 1. The highest BCUT2D eigenvalue weighted by molar-refractivity contribution is 5.80. The molecule has 0 aromatic heterocycles. The first kappa shape index (κ1) is 14.8. The van der Waals surface area contributed by atoms with Gasteiger partial charge in [-0.25, -0.2) is 4.79 Å². The Bertz CT molecular complexity index is 299. The van der Waals surface area contributed by atoms with E-state index in [1.807, 2.05) is 13.8 Å². The largest absolute Gasteiger partial charge is 0.480 e. The first-order valence-corrected chi connectivity index (χ1v) is 6.73. The van der Waals surface area contributed by atoms with Crippen LogP contribution in [0.15, 0.2) is 0 Å². The SMILES string of the molecule is CCC(C)N(CC(=O)O)C(=O)N1CCC(C)CC1. The summed E-state index contributed by atoms with van der Waals surface area (Å²) >= 11 is 0. The average Bonchev–Trinajstić information content (AvgIpc) is 2.35. The second-order valence-corrected chi connectivity index (χ2v) is 5.23. The lowest BCUT2D eigenvalue weighted by atomic mass is 9.99. The molecule has 0 radical (unpaired) electrons. The van der Waals surface area contributed by atoms with Crippen LogP contribution in [0.2, 0.25) is 0 Å². The molecule has 1 fully saturated rings. The van der Waals surface area contributed by atoms with E-state index in [1.54, 1.807) is 4.90 Å². The Morgan fingerprint density at radius 3 is 2.39 bits per heavy atom. The quantitative estimate of drug-likeness (QED) is 0.837. The molecule has 5 heteroatoms. The van der Waals surface area contributed by atoms with E-state index in [9.17, 15) is 9.59 Å². The standard InChI is InChI=1S/C13H24N2O3/c1-4-11(3)15(9-12(16)17)13(18)14-7-5-10(2)6-8-14/h10-11H,4-9H2,1-3H3,(H,16,17). The minimum Gasteiger partial charge on any atom is -0.480 e. The van der Waals surface area contributed by atoms with E-state index in [4.69, 9.17) is 5.11 Å². The summed E-state index contributed by atoms with van der Waals surface area (Å²) in [6, 6.07) is -0.161. The Balaban J connectivity index is 2.66. The van der Waals surface area contributed by atoms with Crippen molar-refractivity contribution < 1.29 is 14.7 Å². The first-order valence-electron chi connectivity index (χ1n) is 6.73. The van der Waals surface area contributed by atoms with Crippen molar-refractivity contribution >= 4 is 12.0 Å². The number of carbonyl (C=O) groups excluding carboxylic acids is 1. The van der Waals surface area contributed by atoms with Crippen LogP contribution in [0.3, 0.4) is 0 Å². The molecule has 1 N–H and O–H groups in total. The van der Waals surface area contributed by atoms with E-state index in [-0.39, 0.29) is 18.6 Å². The number of likely N-dealkylation sites (tertiary alicyclic amines) is 1. The molecule has 1 aliphatic rings. The predicted molar refractivity (Wildman–Crippen MR) is 69.5 cm³/mol. The predicted octanol–water partition coefficient (Wildman–Crippen LogP) is 2.02. The molecule has 1 saturated heterocycles. The molecular weight excluding hydrogens is 232 g/mol. The van der Waals surface area contributed by atoms with Gasteiger partial charge in [-0.05, 0) is 32.1 Å². The van der Waals surface area contributed by atoms with Crippen molar-refractivity contribution in [2.45, 2.75) is 46.1 Å². The van der Waals surface area contributed by atoms with Crippen LogP contribution in [0.25, 0.3) is 0 Å². The van der Waals surface area contributed by atoms with E-state index < -0.39 is 5.97 Å². The molecular formula is C13H24N2O3. The molecule has 0 saturated carbocycles. The molecule has 5 nitrogen and oxygen atoms in total. The molecule has 0 bridgehead atoms. The van der Waals surface area contributed by atoms with Crippen molar-refractivity contribution in [1.29, 1.82) is 0 Å². The summed E-state index contributed by atoms with van der Waals surface area (Å²) in [5, 5.41) is 8.91. The number of rotatable bonds is 4. The van der Waals surface area contributed by atoms with Gasteiger partial charge in [-0.1, -0.05) is 13.8 Å². The van der Waals surface area contributed by atoms with E-state index in [2.05, 4.69) is 6.92 Å². The van der Waals surface area contributed by atoms with Crippen molar-refractivity contribution in [3.8, 4) is 0 Å². The number of hydrogen-bond donors (Lipinski definition) is 1. The maximum Gasteiger partial charge on any atom is 0.323 e. The summed E-state index contributed by atoms with van der Waals surface area (Å²) < 4.78 is 0. The van der Waals surface area contributed by atoms with Gasteiger partial charge in [-0.3, -0.25) is 4.79 Å². The smallest absolute Gasteiger partial charge is 0.323 e. The topological polar surface area (TPSA) is 60.9 Å². The molecule has 0 aliphatic carbocycles. The van der Waals surface area contributed by atoms with Gasteiger partial charge < -0.3 is 14.9 Å². The van der Waals surface area contributed by atoms with E-state index in [1.165, 1.54) is 4.90 Å². The van der Waals surface area contributed by atoms with Crippen molar-refractivity contribution in [2.75, 3.05) is 19.6 Å². The summed E-state index contributed by atoms with van der Waals surface area (Å²) in [7, 11) is 0. The minimum atomic E-state index is -0.950. The van der Waals surface area contributed by atoms with Gasteiger partial charge in [0.2, 0.25) is 0 Å². The third-order valence-corrected chi connectivity index (χ3v) is 3.73. The van der Waals surface area contributed by atoms with Crippen LogP contribution >= 0.6 is 0 Å². The third-order valence-electron chi connectivity index (χ3n) is 3.73. The molecule has 1 heterocycles. The van der Waals surface area contributed by atoms with Gasteiger partial charge in [0.25, 0.3) is 0 Å². The van der Waals surface area contributed by atoms with Gasteiger partial charge in [0.1, 0.15) is 6.54 Å². The van der Waals surface area contributed by atoms with Crippen LogP contribution in [0.5, 0.6) is 0 Å². The summed E-state index contributed by atoms with van der Waals surface area (Å²) in [6.07, 6.45) is 2.78. The normalized spacial score (nSPS) is 18.5. The van der Waals surface area contributed by atoms with Crippen molar-refractivity contribution in [3.05, 3.63) is 0 Å². The second-order valence-electron chi connectivity index (χ2n) is 5.23. The Kier molecular flexibility index (Phi) is 5.44. The third kappa shape index (κ3) is 3.89. The van der Waals surface area contributed by atoms with Gasteiger partial charge in [0, 0.05) is 19.1 Å². The summed E-state index contributed by atoms with van der Waals surface area (Å²) in [5.74, 6) is -0.292. The number of carboxylic acids is 1. The lowest BCUT2D eigenvalue weighted by Gasteiger charge is -2.36. The summed E-state index contributed by atoms with van der Waals surface area (Å²) in [4.78, 5) is 26.4. The van der Waals surface area contributed by atoms with Gasteiger partial charge in [-0.2, -0.15) is 0 Å². The molecule has 2 amide bonds. The zero-order valence-electron chi connectivity index (χ0n) is 11.6. The number of hydrogen-bond acceptors (Lipinski definition) is 2. The van der Waals surface area contributed by atoms with Crippen molar-refractivity contribution in [2.24, 2.45) is 5.92 Å². The second kappa shape index (κ2) is 6.61. The molecule has 1 atom stereocenters.